The molecule has 1 aliphatic rings. The second kappa shape index (κ2) is 8.48. The fourth-order valence-corrected chi connectivity index (χ4v) is 4.75. The first-order valence-corrected chi connectivity index (χ1v) is 9.94. The highest BCUT2D eigenvalue weighted by atomic mass is 32.2. The van der Waals surface area contributed by atoms with Crippen LogP contribution >= 0.6 is 23.1 Å². The lowest BCUT2D eigenvalue weighted by atomic mass is 10.2. The number of ether oxygens (including phenoxy) is 1. The van der Waals surface area contributed by atoms with Crippen LogP contribution in [0.25, 0.3) is 10.2 Å². The zero-order valence-electron chi connectivity index (χ0n) is 13.3. The highest BCUT2D eigenvalue weighted by molar-refractivity contribution is 8.01. The van der Waals surface area contributed by atoms with E-state index in [0.717, 1.165) is 40.2 Å². The van der Waals surface area contributed by atoms with Crippen molar-refractivity contribution in [1.29, 1.82) is 0 Å². The van der Waals surface area contributed by atoms with Crippen LogP contribution in [-0.4, -0.2) is 35.3 Å². The minimum Gasteiger partial charge on any atom is -0.456 e. The second-order valence-electron chi connectivity index (χ2n) is 5.76. The minimum absolute atomic E-state index is 0.179. The van der Waals surface area contributed by atoms with Crippen molar-refractivity contribution in [2.45, 2.75) is 42.5 Å². The van der Waals surface area contributed by atoms with Gasteiger partial charge < -0.3 is 10.1 Å². The number of thioether (sulfide) groups is 1. The molecule has 0 saturated heterocycles. The summed E-state index contributed by atoms with van der Waals surface area (Å²) >= 11 is 3.16. The number of aromatic nitrogens is 1. The van der Waals surface area contributed by atoms with E-state index in [4.69, 9.17) is 4.74 Å². The maximum Gasteiger partial charge on any atom is 0.307 e. The van der Waals surface area contributed by atoms with Crippen molar-refractivity contribution < 1.29 is 14.3 Å². The lowest BCUT2D eigenvalue weighted by molar-refractivity contribution is -0.148. The summed E-state index contributed by atoms with van der Waals surface area (Å²) in [6.45, 7) is -0.179. The monoisotopic (exact) mass is 364 g/mol. The van der Waals surface area contributed by atoms with Crippen LogP contribution in [0.3, 0.4) is 0 Å². The zero-order valence-corrected chi connectivity index (χ0v) is 15.0. The van der Waals surface area contributed by atoms with E-state index < -0.39 is 0 Å². The summed E-state index contributed by atoms with van der Waals surface area (Å²) in [4.78, 5) is 27.9. The SMILES string of the molecule is O=C(COC(=O)CCSc1nc2ccccc2s1)NC1CCCC1. The largest absolute Gasteiger partial charge is 0.456 e. The molecule has 1 aliphatic carbocycles. The molecule has 0 bridgehead atoms. The number of benzene rings is 1. The first-order valence-electron chi connectivity index (χ1n) is 8.14. The van der Waals surface area contributed by atoms with Crippen LogP contribution in [0.5, 0.6) is 0 Å². The molecule has 3 rings (SSSR count). The van der Waals surface area contributed by atoms with Crippen molar-refractivity contribution in [2.24, 2.45) is 0 Å². The van der Waals surface area contributed by atoms with E-state index >= 15 is 0 Å². The fraction of sp³-hybridized carbons (Fsp3) is 0.471. The summed E-state index contributed by atoms with van der Waals surface area (Å²) in [5, 5.41) is 2.90. The van der Waals surface area contributed by atoms with Gasteiger partial charge in [-0.05, 0) is 25.0 Å². The number of para-hydroxylation sites is 1. The number of amides is 1. The molecule has 0 radical (unpaired) electrons. The van der Waals surface area contributed by atoms with Crippen molar-refractivity contribution in [2.75, 3.05) is 12.4 Å². The molecule has 2 aromatic rings. The first-order chi connectivity index (χ1) is 11.7. The molecule has 0 aliphatic heterocycles. The molecular formula is C17H20N2O3S2. The van der Waals surface area contributed by atoms with Gasteiger partial charge in [-0.2, -0.15) is 0 Å². The van der Waals surface area contributed by atoms with Crippen LogP contribution < -0.4 is 5.32 Å². The van der Waals surface area contributed by atoms with Crippen LogP contribution in [0.2, 0.25) is 0 Å². The summed E-state index contributed by atoms with van der Waals surface area (Å²) in [6.07, 6.45) is 4.65. The number of fused-ring (bicyclic) bond motifs is 1. The second-order valence-corrected chi connectivity index (χ2v) is 8.13. The number of hydrogen-bond donors (Lipinski definition) is 1. The van der Waals surface area contributed by atoms with Gasteiger partial charge in [-0.15, -0.1) is 11.3 Å². The molecule has 7 heteroatoms. The van der Waals surface area contributed by atoms with Crippen molar-refractivity contribution in [3.05, 3.63) is 24.3 Å². The van der Waals surface area contributed by atoms with Gasteiger partial charge in [0.1, 0.15) is 0 Å². The predicted molar refractivity (Wildman–Crippen MR) is 96.3 cm³/mol. The molecule has 1 heterocycles. The Kier molecular flexibility index (Phi) is 6.09. The Labute approximate surface area is 149 Å². The van der Waals surface area contributed by atoms with Gasteiger partial charge in [0, 0.05) is 11.8 Å². The molecule has 1 aromatic carbocycles. The van der Waals surface area contributed by atoms with Gasteiger partial charge in [0.05, 0.1) is 16.6 Å². The highest BCUT2D eigenvalue weighted by Gasteiger charge is 2.17. The molecule has 128 valence electrons. The molecular weight excluding hydrogens is 344 g/mol. The Morgan fingerprint density at radius 2 is 2.08 bits per heavy atom. The van der Waals surface area contributed by atoms with E-state index in [1.807, 2.05) is 24.3 Å². The molecule has 5 nitrogen and oxygen atoms in total. The molecule has 1 amide bonds. The average molecular weight is 364 g/mol. The maximum absolute atomic E-state index is 11.7. The molecule has 1 aromatic heterocycles. The molecule has 1 saturated carbocycles. The molecule has 0 spiro atoms. The van der Waals surface area contributed by atoms with E-state index in [0.29, 0.717) is 5.75 Å². The first kappa shape index (κ1) is 17.2. The van der Waals surface area contributed by atoms with Gasteiger partial charge in [-0.3, -0.25) is 9.59 Å². The Hall–Kier alpha value is -1.60. The number of hydrogen-bond acceptors (Lipinski definition) is 6. The predicted octanol–water partition coefficient (Wildman–Crippen LogP) is 3.38. The van der Waals surface area contributed by atoms with Gasteiger partial charge in [0.25, 0.3) is 5.91 Å². The van der Waals surface area contributed by atoms with Crippen LogP contribution in [0.4, 0.5) is 0 Å². The topological polar surface area (TPSA) is 68.3 Å². The highest BCUT2D eigenvalue weighted by Crippen LogP contribution is 2.29. The summed E-state index contributed by atoms with van der Waals surface area (Å²) < 4.78 is 7.12. The number of thiazole rings is 1. The smallest absolute Gasteiger partial charge is 0.307 e. The number of carbonyl (C=O) groups is 2. The van der Waals surface area contributed by atoms with Gasteiger partial charge >= 0.3 is 5.97 Å². The number of esters is 1. The van der Waals surface area contributed by atoms with Crippen molar-refractivity contribution >= 4 is 45.2 Å². The summed E-state index contributed by atoms with van der Waals surface area (Å²) in [5.74, 6) is 0.0577. The number of nitrogens with zero attached hydrogens (tertiary/aromatic N) is 1. The van der Waals surface area contributed by atoms with Gasteiger partial charge in [0.2, 0.25) is 0 Å². The lowest BCUT2D eigenvalue weighted by Crippen LogP contribution is -2.35. The van der Waals surface area contributed by atoms with Gasteiger partial charge in [-0.1, -0.05) is 36.7 Å². The van der Waals surface area contributed by atoms with Crippen molar-refractivity contribution in [3.63, 3.8) is 0 Å². The minimum atomic E-state index is -0.342. The van der Waals surface area contributed by atoms with E-state index in [-0.39, 0.29) is 30.9 Å². The lowest BCUT2D eigenvalue weighted by Gasteiger charge is -2.11. The zero-order chi connectivity index (χ0) is 16.8. The summed E-state index contributed by atoms with van der Waals surface area (Å²) in [6, 6.07) is 8.22. The number of carbonyl (C=O) groups excluding carboxylic acids is 2. The third kappa shape index (κ3) is 4.95. The Morgan fingerprint density at radius 3 is 2.88 bits per heavy atom. The summed E-state index contributed by atoms with van der Waals surface area (Å²) in [5.41, 5.74) is 0.983. The molecule has 1 fully saturated rings. The number of nitrogens with one attached hydrogen (secondary N) is 1. The van der Waals surface area contributed by atoms with E-state index in [2.05, 4.69) is 10.3 Å². The average Bonchev–Trinajstić information content (AvgIpc) is 3.21. The van der Waals surface area contributed by atoms with Crippen LogP contribution in [0.15, 0.2) is 28.6 Å². The Balaban J connectivity index is 1.34. The normalized spacial score (nSPS) is 14.8. The van der Waals surface area contributed by atoms with E-state index in [9.17, 15) is 9.59 Å². The van der Waals surface area contributed by atoms with Gasteiger partial charge in [0.15, 0.2) is 10.9 Å². The van der Waals surface area contributed by atoms with E-state index in [1.165, 1.54) is 0 Å². The molecule has 0 atom stereocenters. The van der Waals surface area contributed by atoms with E-state index in [1.54, 1.807) is 23.1 Å². The molecule has 24 heavy (non-hydrogen) atoms. The maximum atomic E-state index is 11.7. The van der Waals surface area contributed by atoms with Crippen LogP contribution in [-0.2, 0) is 14.3 Å². The van der Waals surface area contributed by atoms with Crippen molar-refractivity contribution in [1.82, 2.24) is 10.3 Å². The van der Waals surface area contributed by atoms with Crippen molar-refractivity contribution in [3.8, 4) is 0 Å². The quantitative estimate of drug-likeness (QED) is 0.602. The third-order valence-corrected chi connectivity index (χ3v) is 6.07. The number of rotatable bonds is 7. The Bertz CT molecular complexity index is 678. The molecule has 1 N–H and O–H groups in total. The Morgan fingerprint density at radius 1 is 1.29 bits per heavy atom. The fourth-order valence-electron chi connectivity index (χ4n) is 2.69. The van der Waals surface area contributed by atoms with Gasteiger partial charge in [-0.25, -0.2) is 4.98 Å². The van der Waals surface area contributed by atoms with Crippen LogP contribution in [0.1, 0.15) is 32.1 Å². The third-order valence-electron chi connectivity index (χ3n) is 3.89. The molecule has 0 unspecified atom stereocenters. The summed E-state index contributed by atoms with van der Waals surface area (Å²) in [7, 11) is 0. The standard InChI is InChI=1S/C17H20N2O3S2/c20-15(18-12-5-1-2-6-12)11-22-16(21)9-10-23-17-19-13-7-3-4-8-14(13)24-17/h3-4,7-8,12H,1-2,5-6,9-11H2,(H,18,20). The van der Waals surface area contributed by atoms with Crippen LogP contribution in [0, 0.1) is 0 Å².